The van der Waals surface area contributed by atoms with Gasteiger partial charge in [0.1, 0.15) is 0 Å². The molecule has 0 saturated carbocycles. The molecule has 0 heterocycles. The van der Waals surface area contributed by atoms with Gasteiger partial charge in [0.25, 0.3) is 0 Å². The van der Waals surface area contributed by atoms with Crippen LogP contribution in [0, 0.1) is 0 Å². The van der Waals surface area contributed by atoms with Crippen LogP contribution in [0.1, 0.15) is 27.7 Å². The number of likely N-dealkylation sites (N-methyl/N-ethyl adjacent to an activating group) is 4. The number of ether oxygens (including phenoxy) is 1. The zero-order valence-corrected chi connectivity index (χ0v) is 11.8. The molecule has 0 fully saturated rings. The summed E-state index contributed by atoms with van der Waals surface area (Å²) in [6.45, 7) is 13.6. The average Bonchev–Trinajstić information content (AvgIpc) is 2.30. The molecule has 0 bridgehead atoms. The first-order valence-electron chi connectivity index (χ1n) is 6.79. The normalized spacial score (nSPS) is 11.6. The Balaban J connectivity index is 3.73. The summed E-state index contributed by atoms with van der Waals surface area (Å²) in [4.78, 5) is 0. The fourth-order valence-electron chi connectivity index (χ4n) is 1.67. The molecule has 0 spiro atoms. The van der Waals surface area contributed by atoms with Gasteiger partial charge in [-0.1, -0.05) is 27.7 Å². The van der Waals surface area contributed by atoms with Crippen molar-refractivity contribution >= 4 is 0 Å². The van der Waals surface area contributed by atoms with E-state index in [9.17, 15) is 0 Å². The van der Waals surface area contributed by atoms with Crippen LogP contribution in [0.15, 0.2) is 0 Å². The van der Waals surface area contributed by atoms with Gasteiger partial charge in [0.05, 0.1) is 25.5 Å². The van der Waals surface area contributed by atoms with Crippen molar-refractivity contribution in [2.45, 2.75) is 40.0 Å². The Labute approximate surface area is 106 Å². The number of hydrogen-bond acceptors (Lipinski definition) is 5. The quantitative estimate of drug-likeness (QED) is 0.368. The van der Waals surface area contributed by atoms with E-state index in [1.54, 1.807) is 0 Å². The van der Waals surface area contributed by atoms with Gasteiger partial charge in [-0.15, -0.1) is 0 Å². The maximum Gasteiger partial charge on any atom is 0.0813 e. The van der Waals surface area contributed by atoms with Crippen LogP contribution in [-0.2, 0) is 4.74 Å². The zero-order chi connectivity index (χ0) is 12.9. The molecule has 0 aromatic rings. The third-order valence-electron chi connectivity index (χ3n) is 2.37. The molecule has 104 valence electrons. The zero-order valence-electron chi connectivity index (χ0n) is 11.8. The molecule has 0 unspecified atom stereocenters. The van der Waals surface area contributed by atoms with Crippen molar-refractivity contribution in [1.82, 2.24) is 21.3 Å². The highest BCUT2D eigenvalue weighted by molar-refractivity contribution is 4.64. The smallest absolute Gasteiger partial charge is 0.0813 e. The van der Waals surface area contributed by atoms with Crippen molar-refractivity contribution in [1.29, 1.82) is 0 Å². The van der Waals surface area contributed by atoms with Crippen molar-refractivity contribution in [2.75, 3.05) is 39.4 Å². The first kappa shape index (κ1) is 16.8. The minimum Gasteiger partial charge on any atom is -0.375 e. The van der Waals surface area contributed by atoms with E-state index in [1.165, 1.54) is 0 Å². The molecule has 17 heavy (non-hydrogen) atoms. The van der Waals surface area contributed by atoms with Crippen molar-refractivity contribution in [3.63, 3.8) is 0 Å². The van der Waals surface area contributed by atoms with Gasteiger partial charge in [-0.3, -0.25) is 0 Å². The standard InChI is InChI=1S/C12H30N4O/c1-5-13-11(14-6-2)9-17-10-12(15-7-3)16-8-4/h11-16H,5-10H2,1-4H3. The molecule has 5 heteroatoms. The Hall–Kier alpha value is -0.200. The molecule has 0 saturated heterocycles. The van der Waals surface area contributed by atoms with Gasteiger partial charge >= 0.3 is 0 Å². The Morgan fingerprint density at radius 1 is 0.647 bits per heavy atom. The van der Waals surface area contributed by atoms with E-state index in [4.69, 9.17) is 4.74 Å². The Morgan fingerprint density at radius 3 is 1.18 bits per heavy atom. The largest absolute Gasteiger partial charge is 0.375 e. The number of hydrogen-bond donors (Lipinski definition) is 4. The van der Waals surface area contributed by atoms with Crippen LogP contribution in [-0.4, -0.2) is 51.7 Å². The molecule has 0 aliphatic heterocycles. The van der Waals surface area contributed by atoms with E-state index in [2.05, 4.69) is 49.0 Å². The van der Waals surface area contributed by atoms with Gasteiger partial charge in [0.15, 0.2) is 0 Å². The van der Waals surface area contributed by atoms with Crippen LogP contribution in [0.25, 0.3) is 0 Å². The van der Waals surface area contributed by atoms with Crippen LogP contribution < -0.4 is 21.3 Å². The average molecular weight is 246 g/mol. The maximum atomic E-state index is 5.72. The first-order valence-corrected chi connectivity index (χ1v) is 6.79. The lowest BCUT2D eigenvalue weighted by Gasteiger charge is -2.22. The van der Waals surface area contributed by atoms with Crippen molar-refractivity contribution in [2.24, 2.45) is 0 Å². The van der Waals surface area contributed by atoms with Gasteiger partial charge < -0.3 is 26.0 Å². The number of rotatable bonds is 12. The topological polar surface area (TPSA) is 57.4 Å². The molecule has 0 rings (SSSR count). The second-order valence-corrected chi connectivity index (χ2v) is 3.87. The van der Waals surface area contributed by atoms with Crippen LogP contribution in [0.4, 0.5) is 0 Å². The lowest BCUT2D eigenvalue weighted by Crippen LogP contribution is -2.49. The summed E-state index contributed by atoms with van der Waals surface area (Å²) < 4.78 is 5.72. The molecule has 0 aliphatic carbocycles. The molecule has 0 amide bonds. The molecule has 0 aromatic heterocycles. The molecule has 0 atom stereocenters. The SMILES string of the molecule is CCNC(COCC(NCC)NCC)NCC. The van der Waals surface area contributed by atoms with Gasteiger partial charge in [-0.25, -0.2) is 0 Å². The van der Waals surface area contributed by atoms with Crippen molar-refractivity contribution in [3.05, 3.63) is 0 Å². The highest BCUT2D eigenvalue weighted by Gasteiger charge is 2.08. The molecule has 0 radical (unpaired) electrons. The summed E-state index contributed by atoms with van der Waals surface area (Å²) in [6.07, 6.45) is 0.489. The first-order chi connectivity index (χ1) is 8.28. The predicted octanol–water partition coefficient (Wildman–Crippen LogP) is 0.0932. The van der Waals surface area contributed by atoms with E-state index in [0.717, 1.165) is 26.2 Å². The predicted molar refractivity (Wildman–Crippen MR) is 73.1 cm³/mol. The van der Waals surface area contributed by atoms with E-state index >= 15 is 0 Å². The molecular weight excluding hydrogens is 216 g/mol. The number of nitrogens with one attached hydrogen (secondary N) is 4. The van der Waals surface area contributed by atoms with Crippen LogP contribution in [0.5, 0.6) is 0 Å². The summed E-state index contributed by atoms with van der Waals surface area (Å²) in [5.41, 5.74) is 0. The minimum atomic E-state index is 0.244. The van der Waals surface area contributed by atoms with Gasteiger partial charge in [-0.05, 0) is 26.2 Å². The van der Waals surface area contributed by atoms with Gasteiger partial charge in [0, 0.05) is 0 Å². The van der Waals surface area contributed by atoms with E-state index in [0.29, 0.717) is 13.2 Å². The van der Waals surface area contributed by atoms with Crippen molar-refractivity contribution < 1.29 is 4.74 Å². The van der Waals surface area contributed by atoms with Gasteiger partial charge in [0.2, 0.25) is 0 Å². The third kappa shape index (κ3) is 9.50. The Bertz CT molecular complexity index is 129. The molecular formula is C12H30N4O. The molecule has 0 aromatic carbocycles. The molecule has 5 nitrogen and oxygen atoms in total. The summed E-state index contributed by atoms with van der Waals surface area (Å²) in [5, 5.41) is 13.4. The molecule has 0 aliphatic rings. The van der Waals surface area contributed by atoms with Crippen LogP contribution in [0.3, 0.4) is 0 Å². The monoisotopic (exact) mass is 246 g/mol. The van der Waals surface area contributed by atoms with Gasteiger partial charge in [-0.2, -0.15) is 0 Å². The van der Waals surface area contributed by atoms with Crippen molar-refractivity contribution in [3.8, 4) is 0 Å². The Kier molecular flexibility index (Phi) is 12.1. The van der Waals surface area contributed by atoms with Crippen LogP contribution in [0.2, 0.25) is 0 Å². The fourth-order valence-corrected chi connectivity index (χ4v) is 1.67. The Morgan fingerprint density at radius 2 is 0.941 bits per heavy atom. The second kappa shape index (κ2) is 12.3. The fraction of sp³-hybridized carbons (Fsp3) is 1.00. The lowest BCUT2D eigenvalue weighted by atomic mass is 10.4. The highest BCUT2D eigenvalue weighted by Crippen LogP contribution is 1.86. The van der Waals surface area contributed by atoms with E-state index < -0.39 is 0 Å². The second-order valence-electron chi connectivity index (χ2n) is 3.87. The minimum absolute atomic E-state index is 0.244. The summed E-state index contributed by atoms with van der Waals surface area (Å²) in [7, 11) is 0. The molecule has 4 N–H and O–H groups in total. The summed E-state index contributed by atoms with van der Waals surface area (Å²) in [5.74, 6) is 0. The highest BCUT2D eigenvalue weighted by atomic mass is 16.5. The van der Waals surface area contributed by atoms with E-state index in [1.807, 2.05) is 0 Å². The summed E-state index contributed by atoms with van der Waals surface area (Å²) in [6, 6.07) is 0. The lowest BCUT2D eigenvalue weighted by molar-refractivity contribution is 0.0777. The van der Waals surface area contributed by atoms with Crippen LogP contribution >= 0.6 is 0 Å². The maximum absolute atomic E-state index is 5.72. The van der Waals surface area contributed by atoms with E-state index in [-0.39, 0.29) is 12.3 Å². The summed E-state index contributed by atoms with van der Waals surface area (Å²) >= 11 is 0. The third-order valence-corrected chi connectivity index (χ3v) is 2.37.